The van der Waals surface area contributed by atoms with Crippen LogP contribution in [0.2, 0.25) is 5.02 Å². The highest BCUT2D eigenvalue weighted by Crippen LogP contribution is 2.16. The van der Waals surface area contributed by atoms with Crippen molar-refractivity contribution in [3.63, 3.8) is 0 Å². The summed E-state index contributed by atoms with van der Waals surface area (Å²) in [4.78, 5) is 5.41. The third kappa shape index (κ3) is 4.65. The summed E-state index contributed by atoms with van der Waals surface area (Å²) < 4.78 is 0. The van der Waals surface area contributed by atoms with Gasteiger partial charge in [0.1, 0.15) is 0 Å². The number of rotatable bonds is 3. The van der Waals surface area contributed by atoms with Crippen LogP contribution in [-0.4, -0.2) is 5.60 Å². The van der Waals surface area contributed by atoms with Crippen molar-refractivity contribution in [1.29, 1.82) is 0 Å². The molecule has 0 fully saturated rings. The van der Waals surface area contributed by atoms with Gasteiger partial charge in [0.2, 0.25) is 0 Å². The first-order valence-electron chi connectivity index (χ1n) is 5.04. The van der Waals surface area contributed by atoms with Crippen molar-refractivity contribution in [1.82, 2.24) is 5.48 Å². The molecule has 0 unspecified atom stereocenters. The third-order valence-corrected chi connectivity index (χ3v) is 2.30. The molecule has 1 aromatic carbocycles. The van der Waals surface area contributed by atoms with Gasteiger partial charge in [0.05, 0.1) is 5.60 Å². The van der Waals surface area contributed by atoms with Gasteiger partial charge in [-0.1, -0.05) is 23.7 Å². The first kappa shape index (κ1) is 12.5. The van der Waals surface area contributed by atoms with Crippen LogP contribution in [0.5, 0.6) is 0 Å². The van der Waals surface area contributed by atoms with Crippen LogP contribution in [0.1, 0.15) is 31.9 Å². The van der Waals surface area contributed by atoms with E-state index in [1.807, 2.05) is 45.9 Å². The van der Waals surface area contributed by atoms with Crippen LogP contribution in [-0.2, 0) is 11.4 Å². The summed E-state index contributed by atoms with van der Waals surface area (Å²) in [7, 11) is 0. The van der Waals surface area contributed by atoms with E-state index in [2.05, 4.69) is 5.48 Å². The Kier molecular flexibility index (Phi) is 4.14. The number of nitrogens with one attached hydrogen (secondary N) is 1. The monoisotopic (exact) mass is 227 g/mol. The smallest absolute Gasteiger partial charge is 0.0813 e. The van der Waals surface area contributed by atoms with E-state index >= 15 is 0 Å². The Bertz CT molecular complexity index is 331. The van der Waals surface area contributed by atoms with Crippen LogP contribution in [0.25, 0.3) is 0 Å². The second-order valence-electron chi connectivity index (χ2n) is 4.62. The summed E-state index contributed by atoms with van der Waals surface area (Å²) >= 11 is 6.01. The molecule has 1 aromatic rings. The zero-order valence-electron chi connectivity index (χ0n) is 9.73. The lowest BCUT2D eigenvalue weighted by Gasteiger charge is -2.19. The molecule has 0 heterocycles. The van der Waals surface area contributed by atoms with Gasteiger partial charge in [0.15, 0.2) is 0 Å². The molecule has 3 heteroatoms. The van der Waals surface area contributed by atoms with Crippen molar-refractivity contribution < 1.29 is 4.84 Å². The predicted octanol–water partition coefficient (Wildman–Crippen LogP) is 3.47. The van der Waals surface area contributed by atoms with E-state index in [0.717, 1.165) is 16.1 Å². The molecule has 0 aliphatic carbocycles. The molecule has 0 radical (unpaired) electrons. The van der Waals surface area contributed by atoms with Gasteiger partial charge in [0, 0.05) is 11.6 Å². The highest BCUT2D eigenvalue weighted by Gasteiger charge is 2.09. The minimum Gasteiger partial charge on any atom is -0.296 e. The lowest BCUT2D eigenvalue weighted by atomic mass is 10.1. The molecule has 15 heavy (non-hydrogen) atoms. The third-order valence-electron chi connectivity index (χ3n) is 1.89. The number of hydrogen-bond donors (Lipinski definition) is 1. The van der Waals surface area contributed by atoms with Gasteiger partial charge in [-0.2, -0.15) is 5.48 Å². The predicted molar refractivity (Wildman–Crippen MR) is 63.9 cm³/mol. The highest BCUT2D eigenvalue weighted by molar-refractivity contribution is 6.31. The average molecular weight is 228 g/mol. The van der Waals surface area contributed by atoms with Crippen molar-refractivity contribution in [3.8, 4) is 0 Å². The average Bonchev–Trinajstić information content (AvgIpc) is 2.09. The normalized spacial score (nSPS) is 11.8. The van der Waals surface area contributed by atoms with Gasteiger partial charge in [-0.25, -0.2) is 0 Å². The fraction of sp³-hybridized carbons (Fsp3) is 0.500. The SMILES string of the molecule is Cc1ccc(CNOC(C)(C)C)cc1Cl. The fourth-order valence-electron chi connectivity index (χ4n) is 1.08. The molecular formula is C12H18ClNO. The van der Waals surface area contributed by atoms with Crippen LogP contribution in [0.15, 0.2) is 18.2 Å². The highest BCUT2D eigenvalue weighted by atomic mass is 35.5. The van der Waals surface area contributed by atoms with E-state index in [4.69, 9.17) is 16.4 Å². The molecule has 1 N–H and O–H groups in total. The van der Waals surface area contributed by atoms with E-state index in [1.165, 1.54) is 0 Å². The zero-order chi connectivity index (χ0) is 11.5. The van der Waals surface area contributed by atoms with E-state index < -0.39 is 0 Å². The molecule has 1 rings (SSSR count). The first-order chi connectivity index (χ1) is 6.88. The maximum atomic E-state index is 6.01. The molecule has 0 saturated heterocycles. The molecule has 0 aliphatic heterocycles. The quantitative estimate of drug-likeness (QED) is 0.799. The van der Waals surface area contributed by atoms with Crippen LogP contribution in [0.3, 0.4) is 0 Å². The van der Waals surface area contributed by atoms with Crippen molar-refractivity contribution in [2.24, 2.45) is 0 Å². The molecule has 0 atom stereocenters. The van der Waals surface area contributed by atoms with Gasteiger partial charge >= 0.3 is 0 Å². The Morgan fingerprint density at radius 3 is 2.53 bits per heavy atom. The lowest BCUT2D eigenvalue weighted by molar-refractivity contribution is -0.0757. The molecule has 0 aliphatic rings. The maximum Gasteiger partial charge on any atom is 0.0813 e. The Labute approximate surface area is 96.5 Å². The summed E-state index contributed by atoms with van der Waals surface area (Å²) in [5.74, 6) is 0. The van der Waals surface area contributed by atoms with E-state index in [1.54, 1.807) is 0 Å². The zero-order valence-corrected chi connectivity index (χ0v) is 10.5. The number of aryl methyl sites for hydroxylation is 1. The molecular weight excluding hydrogens is 210 g/mol. The van der Waals surface area contributed by atoms with Crippen LogP contribution in [0.4, 0.5) is 0 Å². The van der Waals surface area contributed by atoms with Crippen molar-refractivity contribution in [3.05, 3.63) is 34.3 Å². The van der Waals surface area contributed by atoms with Crippen molar-refractivity contribution >= 4 is 11.6 Å². The number of halogens is 1. The van der Waals surface area contributed by atoms with Gasteiger partial charge in [-0.3, -0.25) is 4.84 Å². The molecule has 0 saturated carbocycles. The first-order valence-corrected chi connectivity index (χ1v) is 5.42. The van der Waals surface area contributed by atoms with Crippen LogP contribution < -0.4 is 5.48 Å². The summed E-state index contributed by atoms with van der Waals surface area (Å²) in [5.41, 5.74) is 4.97. The second kappa shape index (κ2) is 4.97. The van der Waals surface area contributed by atoms with E-state index in [9.17, 15) is 0 Å². The summed E-state index contributed by atoms with van der Waals surface area (Å²) in [6.45, 7) is 8.66. The molecule has 0 spiro atoms. The largest absolute Gasteiger partial charge is 0.296 e. The fourth-order valence-corrected chi connectivity index (χ4v) is 1.29. The van der Waals surface area contributed by atoms with E-state index in [0.29, 0.717) is 6.54 Å². The van der Waals surface area contributed by atoms with Gasteiger partial charge in [-0.15, -0.1) is 0 Å². The lowest BCUT2D eigenvalue weighted by Crippen LogP contribution is -2.28. The van der Waals surface area contributed by atoms with Crippen molar-refractivity contribution in [2.45, 2.75) is 39.8 Å². The summed E-state index contributed by atoms with van der Waals surface area (Å²) in [6.07, 6.45) is 0. The molecule has 84 valence electrons. The Hall–Kier alpha value is -0.570. The minimum atomic E-state index is -0.172. The molecule has 0 bridgehead atoms. The van der Waals surface area contributed by atoms with Crippen LogP contribution >= 0.6 is 11.6 Å². The Balaban J connectivity index is 2.48. The van der Waals surface area contributed by atoms with Crippen molar-refractivity contribution in [2.75, 3.05) is 0 Å². The number of hydrogen-bond acceptors (Lipinski definition) is 2. The Morgan fingerprint density at radius 1 is 1.33 bits per heavy atom. The van der Waals surface area contributed by atoms with E-state index in [-0.39, 0.29) is 5.60 Å². The standard InChI is InChI=1S/C12H18ClNO/c1-9-5-6-10(7-11(9)13)8-14-15-12(2,3)4/h5-7,14H,8H2,1-4H3. The molecule has 2 nitrogen and oxygen atoms in total. The topological polar surface area (TPSA) is 21.3 Å². The van der Waals surface area contributed by atoms with Gasteiger partial charge in [-0.05, 0) is 44.9 Å². The minimum absolute atomic E-state index is 0.172. The van der Waals surface area contributed by atoms with Gasteiger partial charge < -0.3 is 0 Å². The maximum absolute atomic E-state index is 6.01. The Morgan fingerprint density at radius 2 is 2.00 bits per heavy atom. The number of hydroxylamine groups is 1. The molecule has 0 amide bonds. The number of benzene rings is 1. The summed E-state index contributed by atoms with van der Waals surface area (Å²) in [6, 6.07) is 6.01. The summed E-state index contributed by atoms with van der Waals surface area (Å²) in [5, 5.41) is 0.796. The molecule has 0 aromatic heterocycles. The van der Waals surface area contributed by atoms with Crippen LogP contribution in [0, 0.1) is 6.92 Å². The second-order valence-corrected chi connectivity index (χ2v) is 5.03. The van der Waals surface area contributed by atoms with Gasteiger partial charge in [0.25, 0.3) is 0 Å².